The molecule has 1 aromatic heterocycles. The summed E-state index contributed by atoms with van der Waals surface area (Å²) in [6.45, 7) is 4.20. The number of amides is 1. The number of allylic oxidation sites excluding steroid dienone is 1. The zero-order chi connectivity index (χ0) is 24.4. The van der Waals surface area contributed by atoms with Gasteiger partial charge in [-0.2, -0.15) is 0 Å². The minimum absolute atomic E-state index is 0.0131. The number of carbonyl (C=O) groups is 1. The van der Waals surface area contributed by atoms with Crippen LogP contribution in [-0.2, 0) is 19.5 Å². The highest BCUT2D eigenvalue weighted by atomic mass is 16.2. The molecule has 0 saturated heterocycles. The van der Waals surface area contributed by atoms with Crippen molar-refractivity contribution in [2.75, 3.05) is 0 Å². The highest BCUT2D eigenvalue weighted by molar-refractivity contribution is 5.94. The molecule has 1 N–H and O–H groups in total. The number of carbonyl (C=O) groups excluding carboxylic acids is 1. The molecule has 0 saturated carbocycles. The Hall–Kier alpha value is -4.19. The van der Waals surface area contributed by atoms with Crippen molar-refractivity contribution < 1.29 is 4.79 Å². The van der Waals surface area contributed by atoms with Gasteiger partial charge in [0.25, 0.3) is 5.91 Å². The number of aromatic nitrogens is 2. The van der Waals surface area contributed by atoms with Gasteiger partial charge in [-0.25, -0.2) is 0 Å². The molecule has 3 aromatic carbocycles. The Kier molecular flexibility index (Phi) is 6.19. The van der Waals surface area contributed by atoms with Gasteiger partial charge in [-0.15, -0.1) is 6.58 Å². The molecule has 0 aliphatic heterocycles. The molecular weight excluding hydrogens is 438 g/mol. The third kappa shape index (κ3) is 4.35. The molecule has 6 heteroatoms. The second-order valence-electron chi connectivity index (χ2n) is 8.90. The Balaban J connectivity index is 1.39. The summed E-state index contributed by atoms with van der Waals surface area (Å²) in [5.41, 5.74) is 4.09. The quantitative estimate of drug-likeness (QED) is 0.343. The van der Waals surface area contributed by atoms with Crippen molar-refractivity contribution in [3.63, 3.8) is 0 Å². The molecule has 5 rings (SSSR count). The van der Waals surface area contributed by atoms with Crippen molar-refractivity contribution in [1.82, 2.24) is 14.5 Å². The first-order valence-electron chi connectivity index (χ1n) is 11.9. The third-order valence-corrected chi connectivity index (χ3v) is 6.68. The summed E-state index contributed by atoms with van der Waals surface area (Å²) in [7, 11) is 0. The smallest absolute Gasteiger partial charge is 0.317 e. The summed E-state index contributed by atoms with van der Waals surface area (Å²) in [6, 6.07) is 22.8. The normalized spacial score (nSPS) is 14.9. The van der Waals surface area contributed by atoms with Gasteiger partial charge in [0, 0.05) is 12.1 Å². The van der Waals surface area contributed by atoms with Crippen molar-refractivity contribution >= 4 is 16.9 Å². The molecule has 1 amide bonds. The predicted molar refractivity (Wildman–Crippen MR) is 138 cm³/mol. The number of nitrogens with one attached hydrogen (secondary N) is 1. The summed E-state index contributed by atoms with van der Waals surface area (Å²) in [5, 5.41) is 3.17. The lowest BCUT2D eigenvalue weighted by atomic mass is 9.87. The Bertz CT molecular complexity index is 1530. The van der Waals surface area contributed by atoms with Gasteiger partial charge in [0.2, 0.25) is 0 Å². The second-order valence-corrected chi connectivity index (χ2v) is 8.90. The lowest BCUT2D eigenvalue weighted by Crippen LogP contribution is -2.41. The van der Waals surface area contributed by atoms with E-state index in [0.29, 0.717) is 16.6 Å². The molecular formula is C29H27N3O3. The van der Waals surface area contributed by atoms with Crippen molar-refractivity contribution in [2.24, 2.45) is 0 Å². The minimum Gasteiger partial charge on any atom is -0.345 e. The highest BCUT2D eigenvalue weighted by Crippen LogP contribution is 2.29. The molecule has 0 fully saturated rings. The van der Waals surface area contributed by atoms with E-state index in [9.17, 15) is 14.4 Å². The predicted octanol–water partition coefficient (Wildman–Crippen LogP) is 4.20. The van der Waals surface area contributed by atoms with Gasteiger partial charge in [0.1, 0.15) is 0 Å². The van der Waals surface area contributed by atoms with Crippen molar-refractivity contribution in [3.05, 3.63) is 128 Å². The fourth-order valence-corrected chi connectivity index (χ4v) is 4.93. The SMILES string of the molecule is C=CCn1c(=O)c(=O)n(Cc2ccc(C(=O)NC3CCCc4ccccc43)cc2)c2ccccc21. The van der Waals surface area contributed by atoms with Crippen LogP contribution in [0.5, 0.6) is 0 Å². The van der Waals surface area contributed by atoms with E-state index in [4.69, 9.17) is 0 Å². The second kappa shape index (κ2) is 9.58. The van der Waals surface area contributed by atoms with Crippen molar-refractivity contribution in [3.8, 4) is 0 Å². The number of aryl methyl sites for hydroxylation is 1. The van der Waals surface area contributed by atoms with Gasteiger partial charge in [-0.05, 0) is 60.2 Å². The van der Waals surface area contributed by atoms with Crippen LogP contribution in [0.25, 0.3) is 11.0 Å². The zero-order valence-electron chi connectivity index (χ0n) is 19.4. The minimum atomic E-state index is -0.580. The molecule has 1 aliphatic rings. The van der Waals surface area contributed by atoms with E-state index in [1.54, 1.807) is 18.2 Å². The van der Waals surface area contributed by atoms with Crippen LogP contribution in [0.1, 0.15) is 45.9 Å². The maximum absolute atomic E-state index is 12.9. The number of nitrogens with zero attached hydrogens (tertiary/aromatic N) is 2. The number of para-hydroxylation sites is 2. The molecule has 35 heavy (non-hydrogen) atoms. The first kappa shape index (κ1) is 22.6. The lowest BCUT2D eigenvalue weighted by molar-refractivity contribution is 0.0932. The largest absolute Gasteiger partial charge is 0.345 e. The summed E-state index contributed by atoms with van der Waals surface area (Å²) >= 11 is 0. The average molecular weight is 466 g/mol. The zero-order valence-corrected chi connectivity index (χ0v) is 19.4. The molecule has 1 aliphatic carbocycles. The van der Waals surface area contributed by atoms with Crippen molar-refractivity contribution in [2.45, 2.75) is 38.4 Å². The Morgan fingerprint density at radius 2 is 1.57 bits per heavy atom. The van der Waals surface area contributed by atoms with E-state index >= 15 is 0 Å². The Morgan fingerprint density at radius 3 is 2.31 bits per heavy atom. The van der Waals surface area contributed by atoms with E-state index in [-0.39, 0.29) is 25.0 Å². The van der Waals surface area contributed by atoms with E-state index in [1.165, 1.54) is 20.3 Å². The molecule has 0 spiro atoms. The van der Waals surface area contributed by atoms with E-state index in [1.807, 2.05) is 48.5 Å². The van der Waals surface area contributed by atoms with Gasteiger partial charge in [-0.1, -0.05) is 54.6 Å². The van der Waals surface area contributed by atoms with Crippen LogP contribution in [-0.4, -0.2) is 15.0 Å². The number of hydrogen-bond donors (Lipinski definition) is 1. The van der Waals surface area contributed by atoms with Gasteiger partial charge in [0.15, 0.2) is 0 Å². The maximum atomic E-state index is 12.9. The first-order valence-corrected chi connectivity index (χ1v) is 11.9. The van der Waals surface area contributed by atoms with E-state index in [0.717, 1.165) is 24.8 Å². The maximum Gasteiger partial charge on any atom is 0.317 e. The summed E-state index contributed by atoms with van der Waals surface area (Å²) in [4.78, 5) is 38.6. The van der Waals surface area contributed by atoms with Crippen LogP contribution in [0, 0.1) is 0 Å². The fraction of sp³-hybridized carbons (Fsp3) is 0.207. The topological polar surface area (TPSA) is 73.1 Å². The Labute approximate surface area is 203 Å². The molecule has 1 atom stereocenters. The number of hydrogen-bond acceptors (Lipinski definition) is 3. The molecule has 0 radical (unpaired) electrons. The molecule has 1 unspecified atom stereocenters. The van der Waals surface area contributed by atoms with Gasteiger partial charge in [-0.3, -0.25) is 23.5 Å². The average Bonchev–Trinajstić information content (AvgIpc) is 2.89. The van der Waals surface area contributed by atoms with Gasteiger partial charge in [0.05, 0.1) is 23.6 Å². The van der Waals surface area contributed by atoms with Crippen LogP contribution in [0.4, 0.5) is 0 Å². The summed E-state index contributed by atoms with van der Waals surface area (Å²) in [6.07, 6.45) is 4.63. The third-order valence-electron chi connectivity index (χ3n) is 6.68. The van der Waals surface area contributed by atoms with E-state index < -0.39 is 11.1 Å². The molecule has 0 bridgehead atoms. The van der Waals surface area contributed by atoms with Crippen LogP contribution in [0.2, 0.25) is 0 Å². The lowest BCUT2D eigenvalue weighted by Gasteiger charge is -2.26. The van der Waals surface area contributed by atoms with E-state index in [2.05, 4.69) is 24.0 Å². The van der Waals surface area contributed by atoms with Gasteiger partial charge < -0.3 is 5.32 Å². The molecule has 1 heterocycles. The number of rotatable bonds is 6. The molecule has 6 nitrogen and oxygen atoms in total. The number of fused-ring (bicyclic) bond motifs is 2. The summed E-state index contributed by atoms with van der Waals surface area (Å²) < 4.78 is 2.93. The molecule has 4 aromatic rings. The van der Waals surface area contributed by atoms with Gasteiger partial charge >= 0.3 is 11.1 Å². The highest BCUT2D eigenvalue weighted by Gasteiger charge is 2.22. The van der Waals surface area contributed by atoms with Crippen LogP contribution >= 0.6 is 0 Å². The van der Waals surface area contributed by atoms with Crippen LogP contribution in [0.3, 0.4) is 0 Å². The first-order chi connectivity index (χ1) is 17.1. The Morgan fingerprint density at radius 1 is 0.914 bits per heavy atom. The van der Waals surface area contributed by atoms with Crippen LogP contribution in [0.15, 0.2) is 95.0 Å². The summed E-state index contributed by atoms with van der Waals surface area (Å²) in [5.74, 6) is -0.118. The standard InChI is InChI=1S/C29H27N3O3/c1-2-18-31-25-12-5-6-13-26(25)32(29(35)28(31)34)19-20-14-16-22(17-15-20)27(33)30-24-11-7-9-21-8-3-4-10-23(21)24/h2-6,8,10,12-17,24H,1,7,9,11,18-19H2,(H,30,33). The fourth-order valence-electron chi connectivity index (χ4n) is 4.93. The molecule has 176 valence electrons. The van der Waals surface area contributed by atoms with Crippen LogP contribution < -0.4 is 16.4 Å². The number of benzene rings is 3. The van der Waals surface area contributed by atoms with Crippen molar-refractivity contribution in [1.29, 1.82) is 0 Å². The monoisotopic (exact) mass is 465 g/mol.